The molecule has 1 heterocycles. The molecule has 0 aliphatic carbocycles. The van der Waals surface area contributed by atoms with Crippen molar-refractivity contribution < 1.29 is 32.2 Å². The molecule has 0 radical (unpaired) electrons. The molecular weight excluding hydrogens is 501 g/mol. The zero-order chi connectivity index (χ0) is 26.5. The van der Waals surface area contributed by atoms with Gasteiger partial charge in [-0.2, -0.15) is 18.3 Å². The van der Waals surface area contributed by atoms with Crippen LogP contribution >= 0.6 is 11.6 Å². The van der Waals surface area contributed by atoms with Gasteiger partial charge in [0.1, 0.15) is 11.5 Å². The predicted octanol–water partition coefficient (Wildman–Crippen LogP) is 5.60. The number of aromatic nitrogens is 1. The van der Waals surface area contributed by atoms with Crippen LogP contribution in [0.4, 0.5) is 24.7 Å². The van der Waals surface area contributed by atoms with Gasteiger partial charge in [-0.1, -0.05) is 11.6 Å². The highest BCUT2D eigenvalue weighted by Gasteiger charge is 2.33. The second kappa shape index (κ2) is 11.2. The van der Waals surface area contributed by atoms with Gasteiger partial charge in [0, 0.05) is 16.3 Å². The lowest BCUT2D eigenvalue weighted by molar-refractivity contribution is -0.141. The molecule has 0 saturated carbocycles. The minimum Gasteiger partial charge on any atom is -0.493 e. The number of hydrogen-bond acceptors (Lipinski definition) is 7. The maximum Gasteiger partial charge on any atom is 0.433 e. The van der Waals surface area contributed by atoms with Crippen LogP contribution in [0.2, 0.25) is 5.02 Å². The van der Waals surface area contributed by atoms with E-state index in [1.54, 1.807) is 37.3 Å². The summed E-state index contributed by atoms with van der Waals surface area (Å²) in [5, 5.41) is 7.14. The summed E-state index contributed by atoms with van der Waals surface area (Å²) < 4.78 is 55.6. The van der Waals surface area contributed by atoms with E-state index in [1.165, 1.54) is 27.5 Å². The molecule has 8 nitrogen and oxygen atoms in total. The van der Waals surface area contributed by atoms with Crippen LogP contribution in [0.25, 0.3) is 0 Å². The number of hydrogen-bond donors (Lipinski definition) is 2. The SMILES string of the molecule is COc1cc(/C=N/NC(=O)c2ccc(C(F)(F)F)nc2Nc2ccc(Cl)cc2C)cc(OC)c1OC. The molecule has 3 aromatic rings. The van der Waals surface area contributed by atoms with Gasteiger partial charge in [0.05, 0.1) is 33.1 Å². The van der Waals surface area contributed by atoms with E-state index in [0.29, 0.717) is 39.1 Å². The Kier molecular flexibility index (Phi) is 8.25. The maximum absolute atomic E-state index is 13.3. The van der Waals surface area contributed by atoms with Crippen LogP contribution in [0.3, 0.4) is 0 Å². The number of rotatable bonds is 8. The van der Waals surface area contributed by atoms with Crippen molar-refractivity contribution in [1.82, 2.24) is 10.4 Å². The standard InChI is InChI=1S/C24H22ClF3N4O4/c1-13-9-15(25)5-7-17(13)30-22-16(6-8-20(31-22)24(26,27)28)23(33)32-29-12-14-10-18(34-2)21(36-4)19(11-14)35-3/h5-12H,1-4H3,(H,30,31)(H,32,33)/b29-12+. The van der Waals surface area contributed by atoms with Gasteiger partial charge in [0.15, 0.2) is 11.5 Å². The Morgan fingerprint density at radius 2 is 1.69 bits per heavy atom. The Hall–Kier alpha value is -3.99. The minimum atomic E-state index is -4.70. The Bertz CT molecular complexity index is 1270. The molecule has 0 saturated heterocycles. The van der Waals surface area contributed by atoms with E-state index in [-0.39, 0.29) is 11.4 Å². The number of ether oxygens (including phenoxy) is 3. The zero-order valence-electron chi connectivity index (χ0n) is 19.7. The van der Waals surface area contributed by atoms with Gasteiger partial charge in [-0.15, -0.1) is 0 Å². The smallest absolute Gasteiger partial charge is 0.433 e. The van der Waals surface area contributed by atoms with Crippen molar-refractivity contribution in [2.24, 2.45) is 5.10 Å². The molecule has 0 spiro atoms. The summed E-state index contributed by atoms with van der Waals surface area (Å²) in [4.78, 5) is 16.4. The zero-order valence-corrected chi connectivity index (χ0v) is 20.4. The van der Waals surface area contributed by atoms with Gasteiger partial charge in [-0.3, -0.25) is 4.79 Å². The van der Waals surface area contributed by atoms with E-state index >= 15 is 0 Å². The Morgan fingerprint density at radius 1 is 1.03 bits per heavy atom. The monoisotopic (exact) mass is 522 g/mol. The molecule has 2 N–H and O–H groups in total. The third-order valence-corrected chi connectivity index (χ3v) is 5.17. The summed E-state index contributed by atoms with van der Waals surface area (Å²) in [5.41, 5.74) is 2.57. The van der Waals surface area contributed by atoms with Crippen molar-refractivity contribution in [3.05, 3.63) is 69.9 Å². The molecule has 0 fully saturated rings. The number of pyridine rings is 1. The Morgan fingerprint density at radius 3 is 2.25 bits per heavy atom. The fourth-order valence-electron chi connectivity index (χ4n) is 3.19. The van der Waals surface area contributed by atoms with Gasteiger partial charge < -0.3 is 19.5 Å². The first-order chi connectivity index (χ1) is 17.1. The summed E-state index contributed by atoms with van der Waals surface area (Å²) in [7, 11) is 4.37. The topological polar surface area (TPSA) is 94.1 Å². The number of nitrogens with one attached hydrogen (secondary N) is 2. The summed E-state index contributed by atoms with van der Waals surface area (Å²) in [5.74, 6) is 0.0535. The number of carbonyl (C=O) groups is 1. The first kappa shape index (κ1) is 26.6. The molecule has 3 rings (SSSR count). The average Bonchev–Trinajstić information content (AvgIpc) is 2.84. The molecule has 0 unspecified atom stereocenters. The molecule has 2 aromatic carbocycles. The number of amides is 1. The number of alkyl halides is 3. The molecule has 0 bridgehead atoms. The molecule has 190 valence electrons. The number of benzene rings is 2. The van der Waals surface area contributed by atoms with Crippen molar-refractivity contribution in [3.8, 4) is 17.2 Å². The van der Waals surface area contributed by atoms with E-state index in [4.69, 9.17) is 25.8 Å². The van der Waals surface area contributed by atoms with Crippen molar-refractivity contribution in [2.45, 2.75) is 13.1 Å². The predicted molar refractivity (Wildman–Crippen MR) is 130 cm³/mol. The van der Waals surface area contributed by atoms with Crippen LogP contribution in [0, 0.1) is 6.92 Å². The fourth-order valence-corrected chi connectivity index (χ4v) is 3.42. The van der Waals surface area contributed by atoms with Crippen LogP contribution in [0.1, 0.15) is 27.2 Å². The number of methoxy groups -OCH3 is 3. The summed E-state index contributed by atoms with van der Waals surface area (Å²) in [6.45, 7) is 1.71. The van der Waals surface area contributed by atoms with Crippen molar-refractivity contribution in [3.63, 3.8) is 0 Å². The molecule has 36 heavy (non-hydrogen) atoms. The second-order valence-electron chi connectivity index (χ2n) is 7.33. The lowest BCUT2D eigenvalue weighted by atomic mass is 10.1. The van der Waals surface area contributed by atoms with E-state index in [1.807, 2.05) is 0 Å². The highest BCUT2D eigenvalue weighted by molar-refractivity contribution is 6.30. The van der Waals surface area contributed by atoms with Crippen LogP contribution < -0.4 is 25.0 Å². The molecule has 1 aromatic heterocycles. The van der Waals surface area contributed by atoms with Gasteiger partial charge in [0.25, 0.3) is 5.91 Å². The number of carbonyl (C=O) groups excluding carboxylic acids is 1. The molecule has 12 heteroatoms. The van der Waals surface area contributed by atoms with Crippen LogP contribution in [0.5, 0.6) is 17.2 Å². The van der Waals surface area contributed by atoms with E-state index in [9.17, 15) is 18.0 Å². The van der Waals surface area contributed by atoms with E-state index < -0.39 is 17.8 Å². The van der Waals surface area contributed by atoms with E-state index in [2.05, 4.69) is 20.8 Å². The number of halogens is 4. The molecule has 1 amide bonds. The summed E-state index contributed by atoms with van der Waals surface area (Å²) in [6.07, 6.45) is -3.39. The first-order valence-electron chi connectivity index (χ1n) is 10.3. The number of anilines is 2. The second-order valence-corrected chi connectivity index (χ2v) is 7.77. The molecule has 0 aliphatic rings. The highest BCUT2D eigenvalue weighted by atomic mass is 35.5. The molecule has 0 atom stereocenters. The van der Waals surface area contributed by atoms with Gasteiger partial charge >= 0.3 is 6.18 Å². The largest absolute Gasteiger partial charge is 0.493 e. The normalized spacial score (nSPS) is 11.3. The minimum absolute atomic E-state index is 0.153. The van der Waals surface area contributed by atoms with Gasteiger partial charge in [-0.25, -0.2) is 10.4 Å². The molecular formula is C24H22ClF3N4O4. The highest BCUT2D eigenvalue weighted by Crippen LogP contribution is 2.37. The van der Waals surface area contributed by atoms with Gasteiger partial charge in [0.2, 0.25) is 5.75 Å². The van der Waals surface area contributed by atoms with Crippen molar-refractivity contribution in [1.29, 1.82) is 0 Å². The third-order valence-electron chi connectivity index (χ3n) is 4.94. The average molecular weight is 523 g/mol. The van der Waals surface area contributed by atoms with Crippen LogP contribution in [0.15, 0.2) is 47.6 Å². The van der Waals surface area contributed by atoms with Crippen molar-refractivity contribution >= 4 is 35.2 Å². The lowest BCUT2D eigenvalue weighted by Crippen LogP contribution is -2.21. The third kappa shape index (κ3) is 6.16. The molecule has 0 aliphatic heterocycles. The Balaban J connectivity index is 1.90. The number of aryl methyl sites for hydroxylation is 1. The van der Waals surface area contributed by atoms with E-state index in [0.717, 1.165) is 12.1 Å². The van der Waals surface area contributed by atoms with Crippen molar-refractivity contribution in [2.75, 3.05) is 26.6 Å². The van der Waals surface area contributed by atoms with Crippen LogP contribution in [-0.2, 0) is 6.18 Å². The quantitative estimate of drug-likeness (QED) is 0.296. The number of nitrogens with zero attached hydrogens (tertiary/aromatic N) is 2. The first-order valence-corrected chi connectivity index (χ1v) is 10.7. The summed E-state index contributed by atoms with van der Waals surface area (Å²) >= 11 is 5.95. The van der Waals surface area contributed by atoms with Gasteiger partial charge in [-0.05, 0) is 55.0 Å². The van der Waals surface area contributed by atoms with Crippen LogP contribution in [-0.4, -0.2) is 38.4 Å². The summed E-state index contributed by atoms with van der Waals surface area (Å²) in [6, 6.07) is 9.71. The Labute approximate surface area is 210 Å². The lowest BCUT2D eigenvalue weighted by Gasteiger charge is -2.15. The maximum atomic E-state index is 13.3. The number of hydrazone groups is 1. The fraction of sp³-hybridized carbons (Fsp3) is 0.208.